The van der Waals surface area contributed by atoms with E-state index in [1.165, 1.54) is 26.0 Å². The molecule has 4 amide bonds. The monoisotopic (exact) mass is 563 g/mol. The maximum absolute atomic E-state index is 15.1. The summed E-state index contributed by atoms with van der Waals surface area (Å²) in [7, 11) is 0. The molecule has 5 rings (SSSR count). The first kappa shape index (κ1) is 27.4. The van der Waals surface area contributed by atoms with Crippen LogP contribution in [-0.2, 0) is 17.5 Å². The van der Waals surface area contributed by atoms with Crippen molar-refractivity contribution in [2.75, 3.05) is 9.80 Å². The molecule has 4 aromatic rings. The number of nitrogens with one attached hydrogen (secondary N) is 2. The molecule has 1 aromatic heterocycles. The molecule has 41 heavy (non-hydrogen) atoms. The summed E-state index contributed by atoms with van der Waals surface area (Å²) in [6, 6.07) is 12.2. The Bertz CT molecular complexity index is 1770. The van der Waals surface area contributed by atoms with E-state index in [1.807, 2.05) is 6.07 Å². The Morgan fingerprint density at radius 1 is 1.02 bits per heavy atom. The van der Waals surface area contributed by atoms with Crippen molar-refractivity contribution < 1.29 is 31.9 Å². The molecule has 3 aromatic carbocycles. The molecule has 2 heterocycles. The molecule has 0 saturated carbocycles. The third-order valence-electron chi connectivity index (χ3n) is 6.88. The standard InChI is InChI=1S/C29H21F4N5O3/c1-28(2)26(40)37(19-7-9-24(34-3)21(13-19)29(31,32)33)27(41)38(28)20-6-4-18(22(30)14-20)15-36-25(39)17-5-8-23-16(12-17)10-11-35-23/h4-14,35H,15H2,1-2H3,(H,36,39). The van der Waals surface area contributed by atoms with Gasteiger partial charge in [0, 0.05) is 40.5 Å². The van der Waals surface area contributed by atoms with Crippen LogP contribution in [0.4, 0.5) is 39.4 Å². The molecule has 12 heteroatoms. The number of urea groups is 1. The first-order valence-electron chi connectivity index (χ1n) is 12.2. The highest BCUT2D eigenvalue weighted by molar-refractivity contribution is 6.30. The summed E-state index contributed by atoms with van der Waals surface area (Å²) >= 11 is 0. The number of carbonyl (C=O) groups is 3. The lowest BCUT2D eigenvalue weighted by Crippen LogP contribution is -2.44. The fourth-order valence-electron chi connectivity index (χ4n) is 4.73. The molecule has 8 nitrogen and oxygen atoms in total. The van der Waals surface area contributed by atoms with E-state index in [0.29, 0.717) is 16.5 Å². The lowest BCUT2D eigenvalue weighted by atomic mass is 10.0. The highest BCUT2D eigenvalue weighted by Gasteiger charge is 2.53. The summed E-state index contributed by atoms with van der Waals surface area (Å²) in [5, 5.41) is 3.48. The van der Waals surface area contributed by atoms with Crippen molar-refractivity contribution in [2.45, 2.75) is 32.1 Å². The van der Waals surface area contributed by atoms with E-state index in [1.54, 1.807) is 24.4 Å². The van der Waals surface area contributed by atoms with Crippen LogP contribution < -0.4 is 15.1 Å². The summed E-state index contributed by atoms with van der Waals surface area (Å²) in [6.07, 6.45) is -3.15. The van der Waals surface area contributed by atoms with Gasteiger partial charge in [0.15, 0.2) is 5.69 Å². The number of alkyl halides is 3. The maximum Gasteiger partial charge on any atom is 0.407 e. The van der Waals surface area contributed by atoms with Gasteiger partial charge in [0.2, 0.25) is 0 Å². The first-order valence-corrected chi connectivity index (χ1v) is 12.2. The van der Waals surface area contributed by atoms with Crippen LogP contribution in [0.5, 0.6) is 0 Å². The van der Waals surface area contributed by atoms with Gasteiger partial charge in [-0.15, -0.1) is 0 Å². The largest absolute Gasteiger partial charge is 0.407 e. The number of nitrogens with zero attached hydrogens (tertiary/aromatic N) is 3. The number of halogens is 4. The van der Waals surface area contributed by atoms with Crippen molar-refractivity contribution in [1.82, 2.24) is 10.3 Å². The smallest absolute Gasteiger partial charge is 0.361 e. The minimum absolute atomic E-state index is 0.00448. The molecule has 208 valence electrons. The minimum Gasteiger partial charge on any atom is -0.361 e. The van der Waals surface area contributed by atoms with Crippen molar-refractivity contribution in [3.63, 3.8) is 0 Å². The molecule has 0 spiro atoms. The van der Waals surface area contributed by atoms with Crippen molar-refractivity contribution >= 4 is 45.8 Å². The number of hydrogen-bond donors (Lipinski definition) is 2. The van der Waals surface area contributed by atoms with Gasteiger partial charge in [0.05, 0.1) is 17.8 Å². The van der Waals surface area contributed by atoms with Crippen LogP contribution in [0.15, 0.2) is 66.9 Å². The number of benzene rings is 3. The summed E-state index contributed by atoms with van der Waals surface area (Å²) in [6.45, 7) is 9.61. The number of H-pyrrole nitrogens is 1. The second kappa shape index (κ2) is 9.78. The number of fused-ring (bicyclic) bond motifs is 1. The number of carbonyl (C=O) groups excluding carboxylic acids is 3. The van der Waals surface area contributed by atoms with E-state index in [4.69, 9.17) is 6.57 Å². The van der Waals surface area contributed by atoms with Gasteiger partial charge in [0.25, 0.3) is 11.8 Å². The van der Waals surface area contributed by atoms with Crippen LogP contribution in [0.2, 0.25) is 0 Å². The Labute approximate surface area is 231 Å². The Balaban J connectivity index is 1.38. The van der Waals surface area contributed by atoms with Crippen LogP contribution >= 0.6 is 0 Å². The molecule has 0 bridgehead atoms. The number of anilines is 2. The summed E-state index contributed by atoms with van der Waals surface area (Å²) in [5.41, 5.74) is -2.55. The quantitative estimate of drug-likeness (QED) is 0.164. The van der Waals surface area contributed by atoms with Gasteiger partial charge in [-0.2, -0.15) is 13.2 Å². The number of amides is 4. The van der Waals surface area contributed by atoms with Crippen LogP contribution in [0, 0.1) is 12.4 Å². The van der Waals surface area contributed by atoms with Gasteiger partial charge >= 0.3 is 12.2 Å². The highest BCUT2D eigenvalue weighted by atomic mass is 19.4. The zero-order valence-electron chi connectivity index (χ0n) is 21.6. The molecule has 1 aliphatic heterocycles. The zero-order chi connectivity index (χ0) is 29.7. The molecule has 1 fully saturated rings. The van der Waals surface area contributed by atoms with Crippen molar-refractivity contribution in [3.8, 4) is 0 Å². The maximum atomic E-state index is 15.1. The van der Waals surface area contributed by atoms with Gasteiger partial charge in [-0.25, -0.2) is 18.9 Å². The normalized spacial score (nSPS) is 15.0. The molecule has 2 N–H and O–H groups in total. The fourth-order valence-corrected chi connectivity index (χ4v) is 4.73. The van der Waals surface area contributed by atoms with Crippen molar-refractivity contribution in [1.29, 1.82) is 0 Å². The third-order valence-corrected chi connectivity index (χ3v) is 6.88. The molecule has 1 saturated heterocycles. The summed E-state index contributed by atoms with van der Waals surface area (Å²) in [4.78, 5) is 46.7. The summed E-state index contributed by atoms with van der Waals surface area (Å²) in [5.74, 6) is -2.02. The number of aromatic amines is 1. The second-order valence-electron chi connectivity index (χ2n) is 9.87. The third kappa shape index (κ3) is 4.75. The number of aromatic nitrogens is 1. The highest BCUT2D eigenvalue weighted by Crippen LogP contribution is 2.42. The number of rotatable bonds is 5. The summed E-state index contributed by atoms with van der Waals surface area (Å²) < 4.78 is 55.7. The second-order valence-corrected chi connectivity index (χ2v) is 9.87. The lowest BCUT2D eigenvalue weighted by molar-refractivity contribution is -0.136. The SMILES string of the molecule is [C-]#[N+]c1ccc(N2C(=O)N(c3ccc(CNC(=O)c4ccc5[nH]ccc5c4)c(F)c3)C(C)(C)C2=O)cc1C(F)(F)F. The first-order chi connectivity index (χ1) is 19.3. The Morgan fingerprint density at radius 2 is 1.76 bits per heavy atom. The number of imide groups is 1. The Morgan fingerprint density at radius 3 is 2.44 bits per heavy atom. The molecular formula is C29H21F4N5O3. The average Bonchev–Trinajstić information content (AvgIpc) is 3.46. The van der Waals surface area contributed by atoms with Crippen LogP contribution in [0.1, 0.15) is 35.3 Å². The number of hydrogen-bond acceptors (Lipinski definition) is 3. The van der Waals surface area contributed by atoms with Crippen LogP contribution in [-0.4, -0.2) is 28.4 Å². The predicted octanol–water partition coefficient (Wildman–Crippen LogP) is 6.56. The molecule has 0 atom stereocenters. The lowest BCUT2D eigenvalue weighted by Gasteiger charge is -2.28. The van der Waals surface area contributed by atoms with Crippen molar-refractivity contribution in [2.24, 2.45) is 0 Å². The predicted molar refractivity (Wildman–Crippen MR) is 143 cm³/mol. The van der Waals surface area contributed by atoms with Gasteiger partial charge < -0.3 is 10.3 Å². The van der Waals surface area contributed by atoms with E-state index in [0.717, 1.165) is 34.0 Å². The van der Waals surface area contributed by atoms with Gasteiger partial charge in [-0.1, -0.05) is 12.1 Å². The van der Waals surface area contributed by atoms with Gasteiger partial charge in [0.1, 0.15) is 11.4 Å². The topological polar surface area (TPSA) is 89.9 Å². The van der Waals surface area contributed by atoms with E-state index in [9.17, 15) is 27.6 Å². The van der Waals surface area contributed by atoms with Crippen molar-refractivity contribution in [3.05, 3.63) is 101 Å². The minimum atomic E-state index is -4.89. The van der Waals surface area contributed by atoms with Gasteiger partial charge in [-0.3, -0.25) is 14.5 Å². The zero-order valence-corrected chi connectivity index (χ0v) is 21.6. The van der Waals surface area contributed by atoms with Gasteiger partial charge in [-0.05, 0) is 62.4 Å². The molecule has 0 aliphatic carbocycles. The van der Waals surface area contributed by atoms with E-state index in [-0.39, 0.29) is 23.5 Å². The van der Waals surface area contributed by atoms with Crippen LogP contribution in [0.25, 0.3) is 15.7 Å². The Hall–Kier alpha value is -5.18. The average molecular weight is 564 g/mol. The Kier molecular flexibility index (Phi) is 6.53. The van der Waals surface area contributed by atoms with E-state index in [2.05, 4.69) is 15.1 Å². The fraction of sp³-hybridized carbons (Fsp3) is 0.172. The van der Waals surface area contributed by atoms with E-state index >= 15 is 4.39 Å². The molecule has 0 unspecified atom stereocenters. The molecule has 1 aliphatic rings. The molecule has 0 radical (unpaired) electrons. The van der Waals surface area contributed by atoms with E-state index < -0.39 is 46.6 Å². The molecular weight excluding hydrogens is 542 g/mol. The van der Waals surface area contributed by atoms with Crippen LogP contribution in [0.3, 0.4) is 0 Å².